The van der Waals surface area contributed by atoms with Gasteiger partial charge in [0.1, 0.15) is 0 Å². The molecule has 0 unspecified atom stereocenters. The topological polar surface area (TPSA) is 32.3 Å². The number of hydrogen-bond donors (Lipinski definition) is 2. The van der Waals surface area contributed by atoms with Gasteiger partial charge in [-0.25, -0.2) is 0 Å². The first-order chi connectivity index (χ1) is 7.29. The van der Waals surface area contributed by atoms with Gasteiger partial charge in [0.25, 0.3) is 0 Å². The minimum atomic E-state index is -0.223. The van der Waals surface area contributed by atoms with Crippen LogP contribution in [0.25, 0.3) is 0 Å². The van der Waals surface area contributed by atoms with Gasteiger partial charge in [0, 0.05) is 11.3 Å². The molecule has 0 bridgehead atoms. The van der Waals surface area contributed by atoms with Crippen LogP contribution in [0.5, 0.6) is 0 Å². The lowest BCUT2D eigenvalue weighted by molar-refractivity contribution is 0.172. The molecule has 0 heterocycles. The lowest BCUT2D eigenvalue weighted by Crippen LogP contribution is -2.27. The molecule has 2 N–H and O–H groups in total. The molecule has 2 atom stereocenters. The van der Waals surface area contributed by atoms with Gasteiger partial charge in [0.05, 0.1) is 12.1 Å². The minimum Gasteiger partial charge on any atom is -0.391 e. The summed E-state index contributed by atoms with van der Waals surface area (Å²) < 4.78 is 0. The van der Waals surface area contributed by atoms with E-state index in [-0.39, 0.29) is 12.1 Å². The molecule has 0 spiro atoms. The Morgan fingerprint density at radius 1 is 1.40 bits per heavy atom. The summed E-state index contributed by atoms with van der Waals surface area (Å²) in [4.78, 5) is 0. The average Bonchev–Trinajstić information content (AvgIpc) is 2.65. The Hall–Kier alpha value is -1.46. The molecule has 2 heteroatoms. The third-order valence-corrected chi connectivity index (χ3v) is 2.86. The molecular formula is C13H15NO. The Balaban J connectivity index is 2.07. The van der Waals surface area contributed by atoms with Crippen molar-refractivity contribution in [3.05, 3.63) is 29.8 Å². The second kappa shape index (κ2) is 4.37. The molecule has 1 aliphatic rings. The normalized spacial score (nSPS) is 24.8. The molecule has 1 aromatic carbocycles. The van der Waals surface area contributed by atoms with E-state index in [9.17, 15) is 5.11 Å². The molecule has 0 radical (unpaired) electrons. The van der Waals surface area contributed by atoms with Crippen LogP contribution in [0.2, 0.25) is 0 Å². The van der Waals surface area contributed by atoms with Crippen molar-refractivity contribution in [1.29, 1.82) is 0 Å². The number of hydrogen-bond acceptors (Lipinski definition) is 2. The van der Waals surface area contributed by atoms with Crippen LogP contribution in [0.1, 0.15) is 24.8 Å². The zero-order valence-electron chi connectivity index (χ0n) is 8.61. The van der Waals surface area contributed by atoms with Gasteiger partial charge >= 0.3 is 0 Å². The molecule has 0 amide bonds. The fourth-order valence-electron chi connectivity index (χ4n) is 2.02. The van der Waals surface area contributed by atoms with Crippen molar-refractivity contribution in [3.8, 4) is 12.3 Å². The summed E-state index contributed by atoms with van der Waals surface area (Å²) in [6, 6.07) is 7.92. The van der Waals surface area contributed by atoms with E-state index in [1.807, 2.05) is 24.3 Å². The van der Waals surface area contributed by atoms with Gasteiger partial charge in [0.15, 0.2) is 0 Å². The molecule has 2 nitrogen and oxygen atoms in total. The number of aliphatic hydroxyl groups is 1. The van der Waals surface area contributed by atoms with Crippen molar-refractivity contribution < 1.29 is 5.11 Å². The van der Waals surface area contributed by atoms with Gasteiger partial charge in [-0.3, -0.25) is 0 Å². The summed E-state index contributed by atoms with van der Waals surface area (Å²) in [6.45, 7) is 0. The first kappa shape index (κ1) is 10.1. The van der Waals surface area contributed by atoms with E-state index in [1.54, 1.807) is 0 Å². The van der Waals surface area contributed by atoms with Crippen molar-refractivity contribution in [2.75, 3.05) is 5.32 Å². The van der Waals surface area contributed by atoms with Crippen LogP contribution >= 0.6 is 0 Å². The maximum atomic E-state index is 9.67. The van der Waals surface area contributed by atoms with E-state index < -0.39 is 0 Å². The van der Waals surface area contributed by atoms with Gasteiger partial charge < -0.3 is 10.4 Å². The Kier molecular flexibility index (Phi) is 2.94. The van der Waals surface area contributed by atoms with E-state index >= 15 is 0 Å². The summed E-state index contributed by atoms with van der Waals surface area (Å²) >= 11 is 0. The van der Waals surface area contributed by atoms with Crippen molar-refractivity contribution in [1.82, 2.24) is 0 Å². The number of benzene rings is 1. The van der Waals surface area contributed by atoms with Crippen LogP contribution in [0.4, 0.5) is 5.69 Å². The molecule has 0 aromatic heterocycles. The molecule has 78 valence electrons. The second-order valence-electron chi connectivity index (χ2n) is 3.97. The quantitative estimate of drug-likeness (QED) is 0.717. The maximum Gasteiger partial charge on any atom is 0.0741 e. The van der Waals surface area contributed by atoms with Crippen LogP contribution in [-0.4, -0.2) is 17.3 Å². The smallest absolute Gasteiger partial charge is 0.0741 e. The molecule has 1 aliphatic carbocycles. The zero-order valence-corrected chi connectivity index (χ0v) is 8.61. The van der Waals surface area contributed by atoms with Gasteiger partial charge in [-0.15, -0.1) is 6.42 Å². The molecule has 0 saturated heterocycles. The summed E-state index contributed by atoms with van der Waals surface area (Å²) in [7, 11) is 0. The van der Waals surface area contributed by atoms with Gasteiger partial charge in [-0.1, -0.05) is 12.0 Å². The van der Waals surface area contributed by atoms with E-state index in [2.05, 4.69) is 11.2 Å². The van der Waals surface area contributed by atoms with Crippen LogP contribution in [-0.2, 0) is 0 Å². The lowest BCUT2D eigenvalue weighted by Gasteiger charge is -2.17. The standard InChI is InChI=1S/C13H15NO/c1-2-10-5-3-6-11(9-10)14-12-7-4-8-13(12)15/h1,3,5-6,9,12-15H,4,7-8H2/t12-,13-/m1/s1. The highest BCUT2D eigenvalue weighted by Gasteiger charge is 2.24. The number of nitrogens with one attached hydrogen (secondary N) is 1. The lowest BCUT2D eigenvalue weighted by atomic mass is 10.1. The van der Waals surface area contributed by atoms with E-state index in [0.29, 0.717) is 0 Å². The number of rotatable bonds is 2. The number of aliphatic hydroxyl groups excluding tert-OH is 1. The van der Waals surface area contributed by atoms with Crippen molar-refractivity contribution in [2.24, 2.45) is 0 Å². The van der Waals surface area contributed by atoms with Crippen LogP contribution in [0.3, 0.4) is 0 Å². The van der Waals surface area contributed by atoms with Crippen molar-refractivity contribution >= 4 is 5.69 Å². The van der Waals surface area contributed by atoms with Gasteiger partial charge in [-0.2, -0.15) is 0 Å². The van der Waals surface area contributed by atoms with Crippen LogP contribution in [0, 0.1) is 12.3 Å². The molecule has 1 aromatic rings. The average molecular weight is 201 g/mol. The van der Waals surface area contributed by atoms with Crippen molar-refractivity contribution in [2.45, 2.75) is 31.4 Å². The van der Waals surface area contributed by atoms with Gasteiger partial charge in [0.2, 0.25) is 0 Å². The predicted molar refractivity (Wildman–Crippen MR) is 61.6 cm³/mol. The van der Waals surface area contributed by atoms with Crippen LogP contribution < -0.4 is 5.32 Å². The number of anilines is 1. The molecule has 0 aliphatic heterocycles. The molecule has 1 saturated carbocycles. The number of terminal acetylenes is 1. The van der Waals surface area contributed by atoms with Gasteiger partial charge in [-0.05, 0) is 37.5 Å². The van der Waals surface area contributed by atoms with E-state index in [4.69, 9.17) is 6.42 Å². The molecule has 15 heavy (non-hydrogen) atoms. The third kappa shape index (κ3) is 2.31. The Bertz CT molecular complexity index is 380. The monoisotopic (exact) mass is 201 g/mol. The molecule has 2 rings (SSSR count). The predicted octanol–water partition coefficient (Wildman–Crippen LogP) is 1.99. The van der Waals surface area contributed by atoms with Crippen molar-refractivity contribution in [3.63, 3.8) is 0 Å². The molecular weight excluding hydrogens is 186 g/mol. The SMILES string of the molecule is C#Cc1cccc(N[C@@H]2CCC[C@H]2O)c1. The largest absolute Gasteiger partial charge is 0.391 e. The first-order valence-electron chi connectivity index (χ1n) is 5.31. The minimum absolute atomic E-state index is 0.179. The summed E-state index contributed by atoms with van der Waals surface area (Å²) in [6.07, 6.45) is 8.12. The molecule has 1 fully saturated rings. The zero-order chi connectivity index (χ0) is 10.7. The Labute approximate surface area is 90.3 Å². The first-order valence-corrected chi connectivity index (χ1v) is 5.31. The summed E-state index contributed by atoms with van der Waals surface area (Å²) in [5.74, 6) is 2.60. The highest BCUT2D eigenvalue weighted by Crippen LogP contribution is 2.23. The fraction of sp³-hybridized carbons (Fsp3) is 0.385. The Morgan fingerprint density at radius 2 is 2.27 bits per heavy atom. The van der Waals surface area contributed by atoms with Crippen LogP contribution in [0.15, 0.2) is 24.3 Å². The third-order valence-electron chi connectivity index (χ3n) is 2.86. The summed E-state index contributed by atoms with van der Waals surface area (Å²) in [5, 5.41) is 13.0. The fourth-order valence-corrected chi connectivity index (χ4v) is 2.02. The summed E-state index contributed by atoms with van der Waals surface area (Å²) in [5.41, 5.74) is 1.86. The van der Waals surface area contributed by atoms with E-state index in [0.717, 1.165) is 30.5 Å². The Morgan fingerprint density at radius 3 is 2.93 bits per heavy atom. The maximum absolute atomic E-state index is 9.67. The van der Waals surface area contributed by atoms with E-state index in [1.165, 1.54) is 0 Å². The highest BCUT2D eigenvalue weighted by atomic mass is 16.3. The highest BCUT2D eigenvalue weighted by molar-refractivity contribution is 5.50. The second-order valence-corrected chi connectivity index (χ2v) is 3.97.